The van der Waals surface area contributed by atoms with E-state index in [9.17, 15) is 5.11 Å². The highest BCUT2D eigenvalue weighted by Crippen LogP contribution is 2.39. The van der Waals surface area contributed by atoms with Crippen molar-refractivity contribution in [3.8, 4) is 0 Å². The highest BCUT2D eigenvalue weighted by atomic mass is 16.5. The maximum atomic E-state index is 9.95. The summed E-state index contributed by atoms with van der Waals surface area (Å²) >= 11 is 0. The molecule has 3 rings (SSSR count). The van der Waals surface area contributed by atoms with E-state index in [-0.39, 0.29) is 0 Å². The van der Waals surface area contributed by atoms with Gasteiger partial charge in [-0.05, 0) is 12.8 Å². The second-order valence-electron chi connectivity index (χ2n) is 5.09. The average molecular weight is 262 g/mol. The summed E-state index contributed by atoms with van der Waals surface area (Å²) in [4.78, 5) is 0. The Morgan fingerprint density at radius 3 is 3.11 bits per heavy atom. The van der Waals surface area contributed by atoms with Crippen molar-refractivity contribution in [2.45, 2.75) is 31.4 Å². The van der Waals surface area contributed by atoms with Gasteiger partial charge in [0, 0.05) is 37.3 Å². The van der Waals surface area contributed by atoms with Crippen LogP contribution in [0.3, 0.4) is 0 Å². The van der Waals surface area contributed by atoms with Gasteiger partial charge in [-0.15, -0.1) is 0 Å². The van der Waals surface area contributed by atoms with Crippen molar-refractivity contribution < 1.29 is 9.63 Å². The molecule has 1 aliphatic rings. The minimum Gasteiger partial charge on any atom is -0.387 e. The molecule has 2 N–H and O–H groups in total. The topological polar surface area (TPSA) is 76.1 Å². The van der Waals surface area contributed by atoms with E-state index in [2.05, 4.69) is 15.6 Å². The van der Waals surface area contributed by atoms with E-state index in [0.29, 0.717) is 19.0 Å². The fraction of sp³-hybridized carbons (Fsp3) is 0.538. The molecule has 6 heteroatoms. The number of nitrogens with one attached hydrogen (secondary N) is 1. The number of aliphatic hydroxyl groups excluding tert-OH is 1. The molecule has 0 spiro atoms. The lowest BCUT2D eigenvalue weighted by Gasteiger charge is -2.08. The summed E-state index contributed by atoms with van der Waals surface area (Å²) in [5.74, 6) is 1.43. The van der Waals surface area contributed by atoms with Gasteiger partial charge in [-0.2, -0.15) is 5.10 Å². The molecule has 1 fully saturated rings. The van der Waals surface area contributed by atoms with Crippen LogP contribution in [0.1, 0.15) is 41.9 Å². The lowest BCUT2D eigenvalue weighted by molar-refractivity contribution is 0.173. The maximum Gasteiger partial charge on any atom is 0.150 e. The molecule has 2 aromatic rings. The van der Waals surface area contributed by atoms with Crippen LogP contribution in [0.15, 0.2) is 23.0 Å². The lowest BCUT2D eigenvalue weighted by atomic mass is 10.2. The van der Waals surface area contributed by atoms with E-state index in [1.54, 1.807) is 10.9 Å². The van der Waals surface area contributed by atoms with Crippen LogP contribution < -0.4 is 5.32 Å². The van der Waals surface area contributed by atoms with Gasteiger partial charge in [-0.1, -0.05) is 5.16 Å². The fourth-order valence-electron chi connectivity index (χ4n) is 2.05. The molecule has 0 amide bonds. The molecule has 2 heterocycles. The molecular formula is C13H18N4O2. The van der Waals surface area contributed by atoms with Crippen LogP contribution in [0.4, 0.5) is 0 Å². The van der Waals surface area contributed by atoms with Crippen molar-refractivity contribution in [2.24, 2.45) is 7.05 Å². The molecule has 1 saturated carbocycles. The Bertz CT molecular complexity index is 544. The van der Waals surface area contributed by atoms with Crippen molar-refractivity contribution in [3.63, 3.8) is 0 Å². The minimum atomic E-state index is -0.556. The van der Waals surface area contributed by atoms with Gasteiger partial charge in [0.05, 0.1) is 24.5 Å². The van der Waals surface area contributed by atoms with Gasteiger partial charge >= 0.3 is 0 Å². The molecule has 1 unspecified atom stereocenters. The summed E-state index contributed by atoms with van der Waals surface area (Å²) in [7, 11) is 1.83. The molecule has 0 radical (unpaired) electrons. The third-order valence-electron chi connectivity index (χ3n) is 3.32. The molecule has 1 aliphatic carbocycles. The van der Waals surface area contributed by atoms with E-state index in [4.69, 9.17) is 4.52 Å². The van der Waals surface area contributed by atoms with Crippen molar-refractivity contribution in [1.29, 1.82) is 0 Å². The largest absolute Gasteiger partial charge is 0.387 e. The monoisotopic (exact) mass is 262 g/mol. The first-order valence-electron chi connectivity index (χ1n) is 6.55. The van der Waals surface area contributed by atoms with Gasteiger partial charge in [0.15, 0.2) is 5.76 Å². The summed E-state index contributed by atoms with van der Waals surface area (Å²) in [6.45, 7) is 1.04. The molecule has 102 valence electrons. The number of aliphatic hydroxyl groups is 1. The van der Waals surface area contributed by atoms with Crippen molar-refractivity contribution in [1.82, 2.24) is 20.3 Å². The summed E-state index contributed by atoms with van der Waals surface area (Å²) in [6.07, 6.45) is 5.37. The third kappa shape index (κ3) is 3.02. The standard InChI is InChI=1S/C13H18N4O2/c1-17-8-10(5-15-17)13(18)7-14-6-11-4-12(16-19-11)9-2-3-9/h4-5,8-9,13-14,18H,2-3,6-7H2,1H3. The molecule has 1 atom stereocenters. The average Bonchev–Trinajstić information content (AvgIpc) is 2.98. The fourth-order valence-corrected chi connectivity index (χ4v) is 2.05. The zero-order valence-corrected chi connectivity index (χ0v) is 10.9. The summed E-state index contributed by atoms with van der Waals surface area (Å²) < 4.78 is 6.92. The molecule has 0 bridgehead atoms. The smallest absolute Gasteiger partial charge is 0.150 e. The summed E-state index contributed by atoms with van der Waals surface area (Å²) in [5, 5.41) is 21.2. The Hall–Kier alpha value is -1.66. The Labute approximate surface area is 111 Å². The third-order valence-corrected chi connectivity index (χ3v) is 3.32. The zero-order chi connectivity index (χ0) is 13.2. The van der Waals surface area contributed by atoms with Crippen LogP contribution >= 0.6 is 0 Å². The van der Waals surface area contributed by atoms with E-state index < -0.39 is 6.10 Å². The predicted molar refractivity (Wildman–Crippen MR) is 68.4 cm³/mol. The van der Waals surface area contributed by atoms with Gasteiger partial charge in [0.25, 0.3) is 0 Å². The Morgan fingerprint density at radius 1 is 1.58 bits per heavy atom. The Morgan fingerprint density at radius 2 is 2.42 bits per heavy atom. The van der Waals surface area contributed by atoms with E-state index in [1.165, 1.54) is 12.8 Å². The summed E-state index contributed by atoms with van der Waals surface area (Å²) in [5.41, 5.74) is 1.87. The van der Waals surface area contributed by atoms with Crippen LogP contribution in [0.25, 0.3) is 0 Å². The maximum absolute atomic E-state index is 9.95. The summed E-state index contributed by atoms with van der Waals surface area (Å²) in [6, 6.07) is 2.00. The zero-order valence-electron chi connectivity index (χ0n) is 10.9. The first-order chi connectivity index (χ1) is 9.22. The minimum absolute atomic E-state index is 0.463. The van der Waals surface area contributed by atoms with Crippen LogP contribution in [0, 0.1) is 0 Å². The highest BCUT2D eigenvalue weighted by Gasteiger charge is 2.26. The van der Waals surface area contributed by atoms with E-state index in [1.807, 2.05) is 19.3 Å². The molecule has 6 nitrogen and oxygen atoms in total. The molecule has 0 aromatic carbocycles. The first kappa shape index (κ1) is 12.4. The van der Waals surface area contributed by atoms with Gasteiger partial charge in [0.2, 0.25) is 0 Å². The lowest BCUT2D eigenvalue weighted by Crippen LogP contribution is -2.20. The van der Waals surface area contributed by atoms with Crippen LogP contribution in [-0.4, -0.2) is 26.6 Å². The van der Waals surface area contributed by atoms with Gasteiger partial charge in [-0.25, -0.2) is 0 Å². The van der Waals surface area contributed by atoms with Crippen molar-refractivity contribution in [2.75, 3.05) is 6.54 Å². The highest BCUT2D eigenvalue weighted by molar-refractivity contribution is 5.15. The number of nitrogens with zero attached hydrogens (tertiary/aromatic N) is 3. The Kier molecular flexibility index (Phi) is 3.35. The second kappa shape index (κ2) is 5.14. The van der Waals surface area contributed by atoms with Crippen LogP contribution in [0.2, 0.25) is 0 Å². The van der Waals surface area contributed by atoms with Crippen LogP contribution in [-0.2, 0) is 13.6 Å². The molecule has 2 aromatic heterocycles. The van der Waals surface area contributed by atoms with Crippen molar-refractivity contribution in [3.05, 3.63) is 35.5 Å². The predicted octanol–water partition coefficient (Wildman–Crippen LogP) is 1.11. The molecular weight excluding hydrogens is 244 g/mol. The van der Waals surface area contributed by atoms with Gasteiger partial charge < -0.3 is 14.9 Å². The normalized spacial score (nSPS) is 16.7. The van der Waals surface area contributed by atoms with Gasteiger partial charge in [0.1, 0.15) is 0 Å². The number of hydrogen-bond donors (Lipinski definition) is 2. The van der Waals surface area contributed by atoms with E-state index >= 15 is 0 Å². The molecule has 19 heavy (non-hydrogen) atoms. The molecule has 0 aliphatic heterocycles. The second-order valence-corrected chi connectivity index (χ2v) is 5.09. The first-order valence-corrected chi connectivity index (χ1v) is 6.55. The van der Waals surface area contributed by atoms with Crippen molar-refractivity contribution >= 4 is 0 Å². The van der Waals surface area contributed by atoms with Gasteiger partial charge in [-0.3, -0.25) is 4.68 Å². The quantitative estimate of drug-likeness (QED) is 0.815. The number of aryl methyl sites for hydroxylation is 1. The molecule has 0 saturated heterocycles. The van der Waals surface area contributed by atoms with Crippen LogP contribution in [0.5, 0.6) is 0 Å². The SMILES string of the molecule is Cn1cc(C(O)CNCc2cc(C3CC3)no2)cn1. The number of hydrogen-bond acceptors (Lipinski definition) is 5. The Balaban J connectivity index is 1.46. The number of rotatable bonds is 6. The number of aromatic nitrogens is 3. The van der Waals surface area contributed by atoms with E-state index in [0.717, 1.165) is 17.0 Å².